The van der Waals surface area contributed by atoms with Crippen molar-refractivity contribution in [1.29, 1.82) is 0 Å². The number of ether oxygens (including phenoxy) is 1. The van der Waals surface area contributed by atoms with E-state index in [9.17, 15) is 9.59 Å². The molecular weight excluding hydrogens is 226 g/mol. The highest BCUT2D eigenvalue weighted by atomic mass is 32.2. The second-order valence-electron chi connectivity index (χ2n) is 4.26. The van der Waals surface area contributed by atoms with Crippen molar-refractivity contribution in [3.8, 4) is 0 Å². The van der Waals surface area contributed by atoms with Gasteiger partial charge in [-0.15, -0.1) is 11.8 Å². The number of carbonyl (C=O) groups is 2. The molecule has 1 saturated heterocycles. The van der Waals surface area contributed by atoms with Gasteiger partial charge < -0.3 is 10.1 Å². The van der Waals surface area contributed by atoms with Crippen molar-refractivity contribution in [3.63, 3.8) is 0 Å². The molecule has 1 heterocycles. The molecule has 5 heteroatoms. The molecule has 0 aliphatic carbocycles. The highest BCUT2D eigenvalue weighted by molar-refractivity contribution is 8.00. The lowest BCUT2D eigenvalue weighted by atomic mass is 10.0. The minimum atomic E-state index is -0.529. The molecule has 1 rings (SSSR count). The largest absolute Gasteiger partial charge is 0.467 e. The Morgan fingerprint density at radius 2 is 2.12 bits per heavy atom. The predicted octanol–water partition coefficient (Wildman–Crippen LogP) is 1.20. The van der Waals surface area contributed by atoms with Crippen molar-refractivity contribution < 1.29 is 14.3 Å². The van der Waals surface area contributed by atoms with E-state index in [0.29, 0.717) is 0 Å². The van der Waals surface area contributed by atoms with Crippen molar-refractivity contribution >= 4 is 23.6 Å². The first-order valence-electron chi connectivity index (χ1n) is 5.56. The molecule has 1 amide bonds. The van der Waals surface area contributed by atoms with Crippen LogP contribution in [-0.4, -0.2) is 36.0 Å². The number of nitrogens with one attached hydrogen (secondary N) is 1. The quantitative estimate of drug-likeness (QED) is 0.756. The zero-order valence-electron chi connectivity index (χ0n) is 9.99. The van der Waals surface area contributed by atoms with E-state index < -0.39 is 6.04 Å². The summed E-state index contributed by atoms with van der Waals surface area (Å²) in [7, 11) is 1.34. The number of hydrogen-bond acceptors (Lipinski definition) is 4. The zero-order chi connectivity index (χ0) is 12.1. The Hall–Kier alpha value is -0.710. The van der Waals surface area contributed by atoms with Gasteiger partial charge in [-0.2, -0.15) is 0 Å². The molecule has 4 nitrogen and oxygen atoms in total. The van der Waals surface area contributed by atoms with Crippen molar-refractivity contribution in [2.24, 2.45) is 5.92 Å². The maximum Gasteiger partial charge on any atom is 0.328 e. The molecule has 1 aliphatic rings. The van der Waals surface area contributed by atoms with Crippen LogP contribution in [0.15, 0.2) is 0 Å². The Labute approximate surface area is 100 Å². The van der Waals surface area contributed by atoms with Gasteiger partial charge in [0.1, 0.15) is 6.04 Å². The van der Waals surface area contributed by atoms with Crippen LogP contribution in [0.4, 0.5) is 0 Å². The van der Waals surface area contributed by atoms with Gasteiger partial charge in [-0.05, 0) is 24.5 Å². The second kappa shape index (κ2) is 6.13. The van der Waals surface area contributed by atoms with Crippen LogP contribution >= 0.6 is 11.8 Å². The maximum absolute atomic E-state index is 11.8. The maximum atomic E-state index is 11.8. The van der Waals surface area contributed by atoms with Crippen LogP contribution in [0.1, 0.15) is 26.7 Å². The molecule has 0 spiro atoms. The standard InChI is InChI=1S/C11H19NO3S/c1-7(2)9(11(14)15-3)12-10(13)8-5-4-6-16-8/h7-9H,4-6H2,1-3H3,(H,12,13). The molecule has 0 saturated carbocycles. The SMILES string of the molecule is COC(=O)C(NC(=O)C1CCCS1)C(C)C. The van der Waals surface area contributed by atoms with Crippen molar-refractivity contribution in [2.45, 2.75) is 38.0 Å². The Bertz CT molecular complexity index is 262. The van der Waals surface area contributed by atoms with E-state index in [1.54, 1.807) is 11.8 Å². The summed E-state index contributed by atoms with van der Waals surface area (Å²) < 4.78 is 4.68. The van der Waals surface area contributed by atoms with Crippen molar-refractivity contribution in [1.82, 2.24) is 5.32 Å². The van der Waals surface area contributed by atoms with Crippen molar-refractivity contribution in [3.05, 3.63) is 0 Å². The average molecular weight is 245 g/mol. The van der Waals surface area contributed by atoms with E-state index in [-0.39, 0.29) is 23.0 Å². The van der Waals surface area contributed by atoms with Crippen LogP contribution in [0.3, 0.4) is 0 Å². The molecule has 0 aromatic rings. The normalized spacial score (nSPS) is 21.9. The highest BCUT2D eigenvalue weighted by Crippen LogP contribution is 2.26. The Kier molecular flexibility index (Phi) is 5.12. The number of carbonyl (C=O) groups excluding carboxylic acids is 2. The summed E-state index contributed by atoms with van der Waals surface area (Å²) in [5.41, 5.74) is 0. The molecule has 1 fully saturated rings. The summed E-state index contributed by atoms with van der Waals surface area (Å²) in [6.07, 6.45) is 1.98. The van der Waals surface area contributed by atoms with Gasteiger partial charge in [-0.1, -0.05) is 13.8 Å². The van der Waals surface area contributed by atoms with Crippen LogP contribution < -0.4 is 5.32 Å². The molecule has 92 valence electrons. The zero-order valence-corrected chi connectivity index (χ0v) is 10.8. The lowest BCUT2D eigenvalue weighted by Gasteiger charge is -2.21. The molecular formula is C11H19NO3S. The summed E-state index contributed by atoms with van der Waals surface area (Å²) in [6, 6.07) is -0.529. The average Bonchev–Trinajstić information content (AvgIpc) is 2.77. The van der Waals surface area contributed by atoms with Crippen LogP contribution in [0, 0.1) is 5.92 Å². The number of hydrogen-bond donors (Lipinski definition) is 1. The molecule has 1 aliphatic heterocycles. The minimum Gasteiger partial charge on any atom is -0.467 e. The van der Waals surface area contributed by atoms with Gasteiger partial charge in [0.2, 0.25) is 5.91 Å². The number of esters is 1. The smallest absolute Gasteiger partial charge is 0.328 e. The molecule has 0 aromatic heterocycles. The molecule has 0 aromatic carbocycles. The monoisotopic (exact) mass is 245 g/mol. The fourth-order valence-electron chi connectivity index (χ4n) is 1.66. The summed E-state index contributed by atoms with van der Waals surface area (Å²) in [6.45, 7) is 3.79. The van der Waals surface area contributed by atoms with Gasteiger partial charge in [0, 0.05) is 0 Å². The molecule has 0 radical (unpaired) electrons. The van der Waals surface area contributed by atoms with E-state index in [1.807, 2.05) is 13.8 Å². The topological polar surface area (TPSA) is 55.4 Å². The summed E-state index contributed by atoms with van der Waals surface area (Å²) in [5, 5.41) is 2.78. The van der Waals surface area contributed by atoms with Crippen molar-refractivity contribution in [2.75, 3.05) is 12.9 Å². The molecule has 2 atom stereocenters. The molecule has 16 heavy (non-hydrogen) atoms. The fourth-order valence-corrected chi connectivity index (χ4v) is 2.83. The summed E-state index contributed by atoms with van der Waals surface area (Å²) in [5.74, 6) is 0.670. The van der Waals surface area contributed by atoms with Gasteiger partial charge in [-0.3, -0.25) is 4.79 Å². The lowest BCUT2D eigenvalue weighted by Crippen LogP contribution is -2.47. The van der Waals surface area contributed by atoms with Crippen LogP contribution in [0.25, 0.3) is 0 Å². The van der Waals surface area contributed by atoms with E-state index in [2.05, 4.69) is 10.1 Å². The third-order valence-electron chi connectivity index (χ3n) is 2.64. The van der Waals surface area contributed by atoms with Gasteiger partial charge >= 0.3 is 5.97 Å². The number of rotatable bonds is 4. The molecule has 1 N–H and O–H groups in total. The Balaban J connectivity index is 2.53. The van der Waals surface area contributed by atoms with Crippen LogP contribution in [0.2, 0.25) is 0 Å². The van der Waals surface area contributed by atoms with Gasteiger partial charge in [0.25, 0.3) is 0 Å². The minimum absolute atomic E-state index is 0.00547. The Morgan fingerprint density at radius 3 is 2.56 bits per heavy atom. The predicted molar refractivity (Wildman–Crippen MR) is 64.3 cm³/mol. The third kappa shape index (κ3) is 3.40. The number of amides is 1. The number of thioether (sulfide) groups is 1. The van der Waals surface area contributed by atoms with Crippen LogP contribution in [0.5, 0.6) is 0 Å². The summed E-state index contributed by atoms with van der Waals surface area (Å²) >= 11 is 1.66. The van der Waals surface area contributed by atoms with E-state index >= 15 is 0 Å². The second-order valence-corrected chi connectivity index (χ2v) is 5.57. The van der Waals surface area contributed by atoms with E-state index in [0.717, 1.165) is 18.6 Å². The van der Waals surface area contributed by atoms with Gasteiger partial charge in [-0.25, -0.2) is 4.79 Å². The molecule has 0 bridgehead atoms. The lowest BCUT2D eigenvalue weighted by molar-refractivity contribution is -0.146. The third-order valence-corrected chi connectivity index (χ3v) is 4.02. The van der Waals surface area contributed by atoms with Crippen LogP contribution in [-0.2, 0) is 14.3 Å². The van der Waals surface area contributed by atoms with Gasteiger partial charge in [0.05, 0.1) is 12.4 Å². The first-order valence-corrected chi connectivity index (χ1v) is 6.61. The Morgan fingerprint density at radius 1 is 1.44 bits per heavy atom. The fraction of sp³-hybridized carbons (Fsp3) is 0.818. The first kappa shape index (κ1) is 13.4. The first-order chi connectivity index (χ1) is 7.56. The van der Waals surface area contributed by atoms with Gasteiger partial charge in [0.15, 0.2) is 0 Å². The summed E-state index contributed by atoms with van der Waals surface area (Å²) in [4.78, 5) is 23.3. The molecule has 2 unspecified atom stereocenters. The van der Waals surface area contributed by atoms with E-state index in [4.69, 9.17) is 0 Å². The highest BCUT2D eigenvalue weighted by Gasteiger charge is 2.30. The van der Waals surface area contributed by atoms with E-state index in [1.165, 1.54) is 7.11 Å². The number of methoxy groups -OCH3 is 1.